The van der Waals surface area contributed by atoms with Gasteiger partial charge < -0.3 is 5.11 Å². The predicted octanol–water partition coefficient (Wildman–Crippen LogP) is 4.55. The van der Waals surface area contributed by atoms with Crippen LogP contribution in [0.15, 0.2) is 73.1 Å². The maximum Gasteiger partial charge on any atom is 0.377 e. The number of aliphatic carboxylic acids is 1. The molecule has 2 amide bonds. The molecule has 0 bridgehead atoms. The molecule has 3 aromatic rings. The summed E-state index contributed by atoms with van der Waals surface area (Å²) in [5, 5.41) is 10.9. The van der Waals surface area contributed by atoms with Gasteiger partial charge in [-0.15, -0.1) is 0 Å². The van der Waals surface area contributed by atoms with E-state index in [-0.39, 0.29) is 17.5 Å². The number of carboxylic acids is 1. The number of hydrogen-bond acceptors (Lipinski definition) is 5. The molecule has 8 heteroatoms. The van der Waals surface area contributed by atoms with Crippen LogP contribution >= 0.6 is 0 Å². The number of fused-ring (bicyclic) bond motifs is 1. The molecule has 1 aliphatic rings. The van der Waals surface area contributed by atoms with Gasteiger partial charge in [-0.25, -0.2) is 14.6 Å². The molecule has 1 unspecified atom stereocenters. The number of para-hydroxylation sites is 1. The summed E-state index contributed by atoms with van der Waals surface area (Å²) in [6.45, 7) is 0.586. The smallest absolute Gasteiger partial charge is 0.377 e. The molecule has 1 aromatic heterocycles. The van der Waals surface area contributed by atoms with Crippen molar-refractivity contribution >= 4 is 29.2 Å². The van der Waals surface area contributed by atoms with Crippen LogP contribution in [0.5, 0.6) is 0 Å². The molecule has 0 fully saturated rings. The van der Waals surface area contributed by atoms with Crippen molar-refractivity contribution in [3.63, 3.8) is 0 Å². The zero-order valence-electron chi connectivity index (χ0n) is 19.6. The lowest BCUT2D eigenvalue weighted by Crippen LogP contribution is -2.46. The van der Waals surface area contributed by atoms with Gasteiger partial charge in [-0.05, 0) is 67.0 Å². The lowest BCUT2D eigenvalue weighted by molar-refractivity contribution is -0.131. The summed E-state index contributed by atoms with van der Waals surface area (Å²) in [7, 11) is 1.82. The van der Waals surface area contributed by atoms with E-state index in [0.29, 0.717) is 18.7 Å². The molecule has 1 aliphatic carbocycles. The Balaban J connectivity index is 1.45. The number of carbonyl (C=O) groups excluding carboxylic acids is 2. The molecule has 8 nitrogen and oxygen atoms in total. The Bertz CT molecular complexity index is 1160. The third kappa shape index (κ3) is 5.55. The summed E-state index contributed by atoms with van der Waals surface area (Å²) >= 11 is 0. The largest absolute Gasteiger partial charge is 0.475 e. The Hall–Kier alpha value is -4.04. The second-order valence-electron chi connectivity index (χ2n) is 8.61. The number of Topliss-reactive ketones (excluding diaryl/α,β-unsaturated/α-hetero) is 1. The van der Waals surface area contributed by atoms with Gasteiger partial charge in [-0.3, -0.25) is 20.1 Å². The minimum absolute atomic E-state index is 0.184. The fourth-order valence-electron chi connectivity index (χ4n) is 4.64. The van der Waals surface area contributed by atoms with Gasteiger partial charge in [0.1, 0.15) is 0 Å². The van der Waals surface area contributed by atoms with E-state index in [4.69, 9.17) is 5.11 Å². The summed E-state index contributed by atoms with van der Waals surface area (Å²) in [4.78, 5) is 42.3. The van der Waals surface area contributed by atoms with E-state index in [1.165, 1.54) is 0 Å². The molecule has 0 aliphatic heterocycles. The van der Waals surface area contributed by atoms with Crippen LogP contribution in [-0.2, 0) is 11.2 Å². The third-order valence-corrected chi connectivity index (χ3v) is 6.29. The van der Waals surface area contributed by atoms with Crippen molar-refractivity contribution in [3.8, 4) is 0 Å². The Kier molecular flexibility index (Phi) is 7.52. The number of pyridine rings is 1. The Morgan fingerprint density at radius 1 is 1.03 bits per heavy atom. The van der Waals surface area contributed by atoms with Crippen LogP contribution in [-0.4, -0.2) is 46.5 Å². The second kappa shape index (κ2) is 10.9. The molecule has 0 radical (unpaired) electrons. The van der Waals surface area contributed by atoms with Crippen molar-refractivity contribution in [2.45, 2.75) is 31.6 Å². The van der Waals surface area contributed by atoms with E-state index in [0.717, 1.165) is 36.1 Å². The van der Waals surface area contributed by atoms with E-state index in [1.807, 2.05) is 49.5 Å². The van der Waals surface area contributed by atoms with Gasteiger partial charge in [-0.2, -0.15) is 0 Å². The number of nitrogens with zero attached hydrogens (tertiary/aromatic N) is 3. The number of carbonyl (C=O) groups is 3. The fourth-order valence-corrected chi connectivity index (χ4v) is 4.64. The monoisotopic (exact) mass is 472 g/mol. The molecule has 0 spiro atoms. The summed E-state index contributed by atoms with van der Waals surface area (Å²) in [5.74, 6) is -2.11. The molecule has 35 heavy (non-hydrogen) atoms. The number of hydrazine groups is 1. The first-order valence-electron chi connectivity index (χ1n) is 11.6. The number of aromatic nitrogens is 1. The second-order valence-corrected chi connectivity index (χ2v) is 8.61. The number of amides is 2. The minimum atomic E-state index is -1.43. The lowest BCUT2D eigenvalue weighted by Gasteiger charge is -2.30. The summed E-state index contributed by atoms with van der Waals surface area (Å²) < 4.78 is 0. The van der Waals surface area contributed by atoms with Gasteiger partial charge in [0.25, 0.3) is 5.78 Å². The average Bonchev–Trinajstić information content (AvgIpc) is 2.88. The SMILES string of the molecule is CN(CCC1CCCc2c(C(=O)C(=O)O)cccc21)NC(=O)N(c1ccccc1)c1cccnc1. The molecule has 1 atom stereocenters. The Labute approximate surface area is 204 Å². The highest BCUT2D eigenvalue weighted by atomic mass is 16.4. The van der Waals surface area contributed by atoms with Gasteiger partial charge in [0, 0.05) is 25.4 Å². The van der Waals surface area contributed by atoms with Crippen molar-refractivity contribution in [3.05, 3.63) is 89.7 Å². The normalized spacial score (nSPS) is 14.7. The maximum absolute atomic E-state index is 13.2. The molecular weight excluding hydrogens is 444 g/mol. The Morgan fingerprint density at radius 3 is 2.51 bits per heavy atom. The standard InChI is InChI=1S/C27H28N4O4/c1-30(29-27(35)31(20-9-3-2-4-10-20)21-11-7-16-28-18-21)17-15-19-8-5-13-23-22(19)12-6-14-24(23)25(32)26(33)34/h2-4,6-7,9-12,14,16,18-19H,5,8,13,15,17H2,1H3,(H,29,35)(H,33,34). The summed E-state index contributed by atoms with van der Waals surface area (Å²) in [6, 6.07) is 18.0. The highest BCUT2D eigenvalue weighted by Gasteiger charge is 2.27. The van der Waals surface area contributed by atoms with E-state index in [9.17, 15) is 14.4 Å². The van der Waals surface area contributed by atoms with Crippen LogP contribution in [0.4, 0.5) is 16.2 Å². The van der Waals surface area contributed by atoms with Crippen LogP contribution in [0.25, 0.3) is 0 Å². The van der Waals surface area contributed by atoms with E-state index in [1.54, 1.807) is 40.5 Å². The first-order chi connectivity index (χ1) is 17.0. The van der Waals surface area contributed by atoms with E-state index >= 15 is 0 Å². The van der Waals surface area contributed by atoms with Crippen LogP contribution in [0, 0.1) is 0 Å². The van der Waals surface area contributed by atoms with Crippen molar-refractivity contribution in [2.24, 2.45) is 0 Å². The summed E-state index contributed by atoms with van der Waals surface area (Å²) in [6.07, 6.45) is 6.60. The molecule has 2 N–H and O–H groups in total. The lowest BCUT2D eigenvalue weighted by atomic mass is 9.78. The highest BCUT2D eigenvalue weighted by Crippen LogP contribution is 2.36. The molecule has 1 heterocycles. The molecule has 2 aromatic carbocycles. The van der Waals surface area contributed by atoms with Crippen LogP contribution in [0.2, 0.25) is 0 Å². The zero-order valence-corrected chi connectivity index (χ0v) is 19.6. The first kappa shape index (κ1) is 24.1. The number of benzene rings is 2. The van der Waals surface area contributed by atoms with Crippen molar-refractivity contribution in [1.82, 2.24) is 15.4 Å². The zero-order chi connectivity index (χ0) is 24.8. The van der Waals surface area contributed by atoms with Gasteiger partial charge in [0.2, 0.25) is 0 Å². The van der Waals surface area contributed by atoms with Crippen molar-refractivity contribution in [2.75, 3.05) is 18.5 Å². The van der Waals surface area contributed by atoms with E-state index in [2.05, 4.69) is 10.4 Å². The molecule has 180 valence electrons. The number of urea groups is 1. The molecule has 0 saturated carbocycles. The van der Waals surface area contributed by atoms with Crippen LogP contribution in [0.1, 0.15) is 46.7 Å². The average molecular weight is 473 g/mol. The highest BCUT2D eigenvalue weighted by molar-refractivity contribution is 6.40. The number of nitrogens with one attached hydrogen (secondary N) is 1. The topological polar surface area (TPSA) is 103 Å². The first-order valence-corrected chi connectivity index (χ1v) is 11.6. The number of hydrogen-bond donors (Lipinski definition) is 2. The quantitative estimate of drug-likeness (QED) is 0.283. The third-order valence-electron chi connectivity index (χ3n) is 6.29. The fraction of sp³-hybridized carbons (Fsp3) is 0.259. The number of anilines is 2. The van der Waals surface area contributed by atoms with Crippen molar-refractivity contribution < 1.29 is 19.5 Å². The number of rotatable bonds is 8. The predicted molar refractivity (Wildman–Crippen MR) is 133 cm³/mol. The maximum atomic E-state index is 13.2. The van der Waals surface area contributed by atoms with Crippen LogP contribution in [0.3, 0.4) is 0 Å². The Morgan fingerprint density at radius 2 is 1.80 bits per heavy atom. The summed E-state index contributed by atoms with van der Waals surface area (Å²) in [5.41, 5.74) is 6.49. The molecular formula is C27H28N4O4. The van der Waals surface area contributed by atoms with E-state index < -0.39 is 11.8 Å². The molecule has 4 rings (SSSR count). The number of carboxylic acid groups (broad SMARTS) is 1. The van der Waals surface area contributed by atoms with Gasteiger partial charge in [0.05, 0.1) is 17.6 Å². The minimum Gasteiger partial charge on any atom is -0.475 e. The molecule has 0 saturated heterocycles. The van der Waals surface area contributed by atoms with Crippen molar-refractivity contribution in [1.29, 1.82) is 0 Å². The van der Waals surface area contributed by atoms with Gasteiger partial charge in [-0.1, -0.05) is 36.4 Å². The van der Waals surface area contributed by atoms with Crippen LogP contribution < -0.4 is 10.3 Å². The van der Waals surface area contributed by atoms with Gasteiger partial charge in [0.15, 0.2) is 0 Å². The number of ketones is 1. The van der Waals surface area contributed by atoms with Gasteiger partial charge >= 0.3 is 12.0 Å².